The summed E-state index contributed by atoms with van der Waals surface area (Å²) in [5.41, 5.74) is 3.87. The summed E-state index contributed by atoms with van der Waals surface area (Å²) in [4.78, 5) is 2.61. The third-order valence-electron chi connectivity index (χ3n) is 6.00. The van der Waals surface area contributed by atoms with Crippen LogP contribution in [-0.2, 0) is 0 Å². The standard InChI is InChI=1S/C22H26ClFN2/c1-14(2)21-13-26(10-9-25-21)22-12-19(15-3-6-17(24)7-4-15)18-8-5-16(23)11-20(18)22/h3-8,11,14,19,21-22,25H,9-10,12-13H2,1-2H3. The molecule has 0 spiro atoms. The highest BCUT2D eigenvalue weighted by Gasteiger charge is 2.37. The van der Waals surface area contributed by atoms with Gasteiger partial charge in [-0.15, -0.1) is 0 Å². The van der Waals surface area contributed by atoms with Crippen LogP contribution in [-0.4, -0.2) is 30.6 Å². The molecule has 1 aliphatic carbocycles. The first-order chi connectivity index (χ1) is 12.5. The summed E-state index contributed by atoms with van der Waals surface area (Å²) in [6.07, 6.45) is 1.03. The monoisotopic (exact) mass is 372 g/mol. The summed E-state index contributed by atoms with van der Waals surface area (Å²) < 4.78 is 13.4. The van der Waals surface area contributed by atoms with E-state index in [4.69, 9.17) is 11.6 Å². The quantitative estimate of drug-likeness (QED) is 0.816. The minimum Gasteiger partial charge on any atom is -0.311 e. The first kappa shape index (κ1) is 18.0. The van der Waals surface area contributed by atoms with E-state index in [0.717, 1.165) is 31.1 Å². The Morgan fingerprint density at radius 3 is 2.62 bits per heavy atom. The zero-order valence-electron chi connectivity index (χ0n) is 15.4. The number of hydrogen-bond acceptors (Lipinski definition) is 2. The molecule has 1 N–H and O–H groups in total. The van der Waals surface area contributed by atoms with Crippen LogP contribution in [0.3, 0.4) is 0 Å². The number of nitrogens with zero attached hydrogens (tertiary/aromatic N) is 1. The number of nitrogens with one attached hydrogen (secondary N) is 1. The van der Waals surface area contributed by atoms with Gasteiger partial charge in [-0.3, -0.25) is 4.90 Å². The van der Waals surface area contributed by atoms with Crippen molar-refractivity contribution >= 4 is 11.6 Å². The molecule has 2 aliphatic rings. The molecule has 26 heavy (non-hydrogen) atoms. The molecule has 1 saturated heterocycles. The second-order valence-corrected chi connectivity index (χ2v) is 8.36. The normalized spacial score (nSPS) is 26.3. The van der Waals surface area contributed by atoms with Crippen molar-refractivity contribution in [3.8, 4) is 0 Å². The van der Waals surface area contributed by atoms with Crippen molar-refractivity contribution < 1.29 is 4.39 Å². The fourth-order valence-corrected chi connectivity index (χ4v) is 4.70. The molecule has 138 valence electrons. The lowest BCUT2D eigenvalue weighted by Crippen LogP contribution is -2.53. The Labute approximate surface area is 160 Å². The lowest BCUT2D eigenvalue weighted by atomic mass is 9.93. The Morgan fingerprint density at radius 2 is 1.88 bits per heavy atom. The molecule has 0 bridgehead atoms. The summed E-state index contributed by atoms with van der Waals surface area (Å²) in [6, 6.07) is 14.2. The van der Waals surface area contributed by atoms with Gasteiger partial charge in [0.1, 0.15) is 5.82 Å². The van der Waals surface area contributed by atoms with Crippen LogP contribution >= 0.6 is 11.6 Å². The molecule has 0 radical (unpaired) electrons. The van der Waals surface area contributed by atoms with Crippen LogP contribution in [0.2, 0.25) is 5.02 Å². The van der Waals surface area contributed by atoms with Crippen molar-refractivity contribution in [1.29, 1.82) is 0 Å². The van der Waals surface area contributed by atoms with Gasteiger partial charge in [0.2, 0.25) is 0 Å². The molecule has 2 nitrogen and oxygen atoms in total. The number of halogens is 2. The predicted octanol–water partition coefficient (Wildman–Crippen LogP) is 4.99. The van der Waals surface area contributed by atoms with Gasteiger partial charge < -0.3 is 5.32 Å². The van der Waals surface area contributed by atoms with Gasteiger partial charge in [0.25, 0.3) is 0 Å². The van der Waals surface area contributed by atoms with E-state index in [1.807, 2.05) is 18.2 Å². The molecule has 4 rings (SSSR count). The van der Waals surface area contributed by atoms with Crippen molar-refractivity contribution in [3.63, 3.8) is 0 Å². The van der Waals surface area contributed by atoms with E-state index in [9.17, 15) is 4.39 Å². The van der Waals surface area contributed by atoms with E-state index in [1.54, 1.807) is 12.1 Å². The van der Waals surface area contributed by atoms with Crippen molar-refractivity contribution in [2.45, 2.75) is 38.3 Å². The first-order valence-electron chi connectivity index (χ1n) is 9.55. The van der Waals surface area contributed by atoms with Crippen LogP contribution in [0, 0.1) is 11.7 Å². The maximum Gasteiger partial charge on any atom is 0.123 e. The van der Waals surface area contributed by atoms with Crippen molar-refractivity contribution in [1.82, 2.24) is 10.2 Å². The van der Waals surface area contributed by atoms with Crippen LogP contribution in [0.15, 0.2) is 42.5 Å². The molecular weight excluding hydrogens is 347 g/mol. The summed E-state index contributed by atoms with van der Waals surface area (Å²) in [5, 5.41) is 4.44. The lowest BCUT2D eigenvalue weighted by molar-refractivity contribution is 0.125. The second kappa shape index (κ2) is 7.30. The average molecular weight is 373 g/mol. The van der Waals surface area contributed by atoms with Gasteiger partial charge in [0.05, 0.1) is 0 Å². The van der Waals surface area contributed by atoms with E-state index in [-0.39, 0.29) is 5.82 Å². The molecular formula is C22H26ClFN2. The molecule has 1 aliphatic heterocycles. The number of rotatable bonds is 3. The highest BCUT2D eigenvalue weighted by molar-refractivity contribution is 6.30. The van der Waals surface area contributed by atoms with Crippen LogP contribution < -0.4 is 5.32 Å². The van der Waals surface area contributed by atoms with Crippen molar-refractivity contribution in [2.75, 3.05) is 19.6 Å². The molecule has 4 heteroatoms. The first-order valence-corrected chi connectivity index (χ1v) is 9.93. The van der Waals surface area contributed by atoms with Crippen molar-refractivity contribution in [3.05, 3.63) is 70.0 Å². The molecule has 1 fully saturated rings. The van der Waals surface area contributed by atoms with Gasteiger partial charge in [-0.1, -0.05) is 43.6 Å². The third-order valence-corrected chi connectivity index (χ3v) is 6.23. The molecule has 1 heterocycles. The fraction of sp³-hybridized carbons (Fsp3) is 0.455. The maximum atomic E-state index is 13.4. The lowest BCUT2D eigenvalue weighted by Gasteiger charge is -2.39. The summed E-state index contributed by atoms with van der Waals surface area (Å²) in [5.74, 6) is 0.743. The zero-order valence-corrected chi connectivity index (χ0v) is 16.1. The van der Waals surface area contributed by atoms with Crippen molar-refractivity contribution in [2.24, 2.45) is 5.92 Å². The maximum absolute atomic E-state index is 13.4. The van der Waals surface area contributed by atoms with Crippen LogP contribution in [0.1, 0.15) is 48.9 Å². The Bertz CT molecular complexity index is 774. The molecule has 0 aromatic heterocycles. The molecule has 2 aromatic carbocycles. The average Bonchev–Trinajstić information content (AvgIpc) is 3.01. The van der Waals surface area contributed by atoms with E-state index >= 15 is 0 Å². The smallest absolute Gasteiger partial charge is 0.123 e. The Balaban J connectivity index is 1.67. The number of hydrogen-bond donors (Lipinski definition) is 1. The predicted molar refractivity (Wildman–Crippen MR) is 105 cm³/mol. The number of piperazine rings is 1. The summed E-state index contributed by atoms with van der Waals surface area (Å²) in [6.45, 7) is 7.70. The van der Waals surface area contributed by atoms with E-state index in [2.05, 4.69) is 36.2 Å². The highest BCUT2D eigenvalue weighted by Crippen LogP contribution is 2.47. The summed E-state index contributed by atoms with van der Waals surface area (Å²) in [7, 11) is 0. The molecule has 2 aromatic rings. The van der Waals surface area contributed by atoms with Gasteiger partial charge >= 0.3 is 0 Å². The second-order valence-electron chi connectivity index (χ2n) is 7.93. The van der Waals surface area contributed by atoms with Crippen LogP contribution in [0.5, 0.6) is 0 Å². The Hall–Kier alpha value is -1.42. The van der Waals surface area contributed by atoms with Crippen LogP contribution in [0.25, 0.3) is 0 Å². The zero-order chi connectivity index (χ0) is 18.3. The number of benzene rings is 2. The minimum absolute atomic E-state index is 0.179. The largest absolute Gasteiger partial charge is 0.311 e. The molecule has 3 atom stereocenters. The number of fused-ring (bicyclic) bond motifs is 1. The van der Waals surface area contributed by atoms with Gasteiger partial charge in [0.15, 0.2) is 0 Å². The van der Waals surface area contributed by atoms with Gasteiger partial charge in [-0.2, -0.15) is 0 Å². The van der Waals surface area contributed by atoms with Gasteiger partial charge in [-0.25, -0.2) is 4.39 Å². The SMILES string of the molecule is CC(C)C1CN(C2CC(c3ccc(F)cc3)c3ccc(Cl)cc32)CCN1. The Kier molecular flexibility index (Phi) is 5.05. The topological polar surface area (TPSA) is 15.3 Å². The third kappa shape index (κ3) is 3.40. The van der Waals surface area contributed by atoms with Gasteiger partial charge in [0, 0.05) is 42.7 Å². The fourth-order valence-electron chi connectivity index (χ4n) is 4.52. The molecule has 0 amide bonds. The summed E-state index contributed by atoms with van der Waals surface area (Å²) >= 11 is 6.34. The van der Waals surface area contributed by atoms with E-state index in [1.165, 1.54) is 16.7 Å². The Morgan fingerprint density at radius 1 is 1.12 bits per heavy atom. The van der Waals surface area contributed by atoms with E-state index in [0.29, 0.717) is 23.9 Å². The van der Waals surface area contributed by atoms with Crippen LogP contribution in [0.4, 0.5) is 4.39 Å². The van der Waals surface area contributed by atoms with E-state index < -0.39 is 0 Å². The highest BCUT2D eigenvalue weighted by atomic mass is 35.5. The molecule has 0 saturated carbocycles. The van der Waals surface area contributed by atoms with Gasteiger partial charge in [-0.05, 0) is 53.3 Å². The minimum atomic E-state index is -0.179. The molecule has 3 unspecified atom stereocenters.